The number of hydrogen-bond donors (Lipinski definition) is 0. The van der Waals surface area contributed by atoms with Gasteiger partial charge >= 0.3 is 0 Å². The Morgan fingerprint density at radius 2 is 2.00 bits per heavy atom. The van der Waals surface area contributed by atoms with Gasteiger partial charge in [0.1, 0.15) is 0 Å². The summed E-state index contributed by atoms with van der Waals surface area (Å²) in [4.78, 5) is 33.2. The Morgan fingerprint density at radius 3 is 2.67 bits per heavy atom. The molecular weight excluding hydrogens is 328 g/mol. The van der Waals surface area contributed by atoms with Gasteiger partial charge < -0.3 is 4.90 Å². The molecule has 2 heterocycles. The van der Waals surface area contributed by atoms with Crippen molar-refractivity contribution in [3.8, 4) is 0 Å². The summed E-state index contributed by atoms with van der Waals surface area (Å²) in [7, 11) is 0. The first-order valence-corrected chi connectivity index (χ1v) is 8.45. The largest absolute Gasteiger partial charge is 0.311 e. The van der Waals surface area contributed by atoms with E-state index in [-0.39, 0.29) is 17.3 Å². The molecule has 0 fully saturated rings. The molecule has 7 nitrogen and oxygen atoms in total. The fourth-order valence-corrected chi connectivity index (χ4v) is 3.53. The molecule has 1 amide bonds. The van der Waals surface area contributed by atoms with Crippen molar-refractivity contribution in [2.45, 2.75) is 25.4 Å². The van der Waals surface area contributed by atoms with Gasteiger partial charge in [-0.15, -0.1) is 0 Å². The second kappa shape index (κ2) is 6.56. The third-order valence-electron chi connectivity index (χ3n) is 3.76. The molecule has 8 heteroatoms. The molecule has 2 aromatic rings. The zero-order valence-corrected chi connectivity index (χ0v) is 14.2. The molecule has 0 saturated carbocycles. The number of aromatic nitrogens is 2. The Balaban J connectivity index is 1.73. The normalized spacial score (nSPS) is 13.0. The summed E-state index contributed by atoms with van der Waals surface area (Å²) in [6.07, 6.45) is 0.712. The van der Waals surface area contributed by atoms with Gasteiger partial charge in [0.25, 0.3) is 5.69 Å². The van der Waals surface area contributed by atoms with Crippen LogP contribution < -0.4 is 4.90 Å². The Kier molecular flexibility index (Phi) is 4.48. The van der Waals surface area contributed by atoms with Crippen molar-refractivity contribution in [1.82, 2.24) is 9.97 Å². The minimum atomic E-state index is -0.445. The first-order chi connectivity index (χ1) is 11.4. The predicted octanol–water partition coefficient (Wildman–Crippen LogP) is 2.68. The van der Waals surface area contributed by atoms with Gasteiger partial charge in [0.15, 0.2) is 5.16 Å². The number of nitrogens with zero attached hydrogens (tertiary/aromatic N) is 4. The van der Waals surface area contributed by atoms with E-state index in [1.54, 1.807) is 11.0 Å². The highest BCUT2D eigenvalue weighted by atomic mass is 32.2. The molecule has 0 aliphatic carbocycles. The Morgan fingerprint density at radius 1 is 1.29 bits per heavy atom. The van der Waals surface area contributed by atoms with Crippen LogP contribution in [0, 0.1) is 24.0 Å². The first-order valence-electron chi connectivity index (χ1n) is 7.47. The summed E-state index contributed by atoms with van der Waals surface area (Å²) < 4.78 is 0. The first kappa shape index (κ1) is 16.4. The molecule has 0 atom stereocenters. The maximum Gasteiger partial charge on any atom is 0.271 e. The molecule has 1 aromatic heterocycles. The number of benzene rings is 1. The molecule has 0 bridgehead atoms. The lowest BCUT2D eigenvalue weighted by Crippen LogP contribution is -2.30. The lowest BCUT2D eigenvalue weighted by atomic mass is 10.1. The van der Waals surface area contributed by atoms with E-state index >= 15 is 0 Å². The van der Waals surface area contributed by atoms with Crippen LogP contribution in [0.5, 0.6) is 0 Å². The second-order valence-electron chi connectivity index (χ2n) is 5.59. The van der Waals surface area contributed by atoms with Crippen LogP contribution in [0.15, 0.2) is 29.4 Å². The fraction of sp³-hybridized carbons (Fsp3) is 0.312. The number of hydrogen-bond acceptors (Lipinski definition) is 6. The van der Waals surface area contributed by atoms with Crippen LogP contribution in [0.1, 0.15) is 17.0 Å². The average molecular weight is 344 g/mol. The van der Waals surface area contributed by atoms with Gasteiger partial charge in [0.2, 0.25) is 5.91 Å². The highest BCUT2D eigenvalue weighted by molar-refractivity contribution is 7.99. The summed E-state index contributed by atoms with van der Waals surface area (Å²) in [5.41, 5.74) is 3.32. The molecule has 0 spiro atoms. The van der Waals surface area contributed by atoms with Crippen molar-refractivity contribution >= 4 is 29.0 Å². The van der Waals surface area contributed by atoms with Gasteiger partial charge in [-0.05, 0) is 31.9 Å². The van der Waals surface area contributed by atoms with Crippen molar-refractivity contribution in [2.75, 3.05) is 17.2 Å². The second-order valence-corrected chi connectivity index (χ2v) is 6.53. The quantitative estimate of drug-likeness (QED) is 0.367. The number of carbonyl (C=O) groups is 1. The van der Waals surface area contributed by atoms with Gasteiger partial charge in [-0.2, -0.15) is 0 Å². The summed E-state index contributed by atoms with van der Waals surface area (Å²) in [6.45, 7) is 4.32. The highest BCUT2D eigenvalue weighted by Crippen LogP contribution is 2.32. The van der Waals surface area contributed by atoms with Crippen molar-refractivity contribution < 1.29 is 9.72 Å². The maximum absolute atomic E-state index is 12.5. The van der Waals surface area contributed by atoms with Gasteiger partial charge in [-0.25, -0.2) is 9.97 Å². The SMILES string of the molecule is Cc1cc(C)nc(SCC(=O)N2CCc3ccc([N+](=O)[O-])cc32)n1. The third kappa shape index (κ3) is 3.38. The monoisotopic (exact) mass is 344 g/mol. The fourth-order valence-electron chi connectivity index (χ4n) is 2.70. The molecule has 1 aliphatic heterocycles. The van der Waals surface area contributed by atoms with Crippen LogP contribution in [0.25, 0.3) is 0 Å². The Labute approximate surface area is 143 Å². The lowest BCUT2D eigenvalue weighted by molar-refractivity contribution is -0.384. The van der Waals surface area contributed by atoms with E-state index in [2.05, 4.69) is 9.97 Å². The highest BCUT2D eigenvalue weighted by Gasteiger charge is 2.26. The maximum atomic E-state index is 12.5. The number of thioether (sulfide) groups is 1. The van der Waals surface area contributed by atoms with E-state index in [0.717, 1.165) is 17.0 Å². The van der Waals surface area contributed by atoms with E-state index in [4.69, 9.17) is 0 Å². The number of anilines is 1. The van der Waals surface area contributed by atoms with E-state index in [1.807, 2.05) is 19.9 Å². The van der Waals surface area contributed by atoms with Gasteiger partial charge in [-0.1, -0.05) is 17.8 Å². The predicted molar refractivity (Wildman–Crippen MR) is 91.4 cm³/mol. The summed E-state index contributed by atoms with van der Waals surface area (Å²) in [6, 6.07) is 6.55. The number of aryl methyl sites for hydroxylation is 2. The number of nitro groups is 1. The summed E-state index contributed by atoms with van der Waals surface area (Å²) in [5.74, 6) is 0.104. The van der Waals surface area contributed by atoms with Crippen LogP contribution in [-0.2, 0) is 11.2 Å². The van der Waals surface area contributed by atoms with E-state index in [0.29, 0.717) is 23.8 Å². The standard InChI is InChI=1S/C16H16N4O3S/c1-10-7-11(2)18-16(17-10)24-9-15(21)19-6-5-12-3-4-13(20(22)23)8-14(12)19/h3-4,7-8H,5-6,9H2,1-2H3. The van der Waals surface area contributed by atoms with Crippen LogP contribution in [-0.4, -0.2) is 33.1 Å². The van der Waals surface area contributed by atoms with E-state index in [9.17, 15) is 14.9 Å². The molecule has 0 unspecified atom stereocenters. The van der Waals surface area contributed by atoms with Gasteiger partial charge in [0.05, 0.1) is 16.4 Å². The lowest BCUT2D eigenvalue weighted by Gasteiger charge is -2.16. The minimum absolute atomic E-state index is 0.00116. The van der Waals surface area contributed by atoms with Crippen LogP contribution in [0.3, 0.4) is 0 Å². The molecule has 0 N–H and O–H groups in total. The smallest absolute Gasteiger partial charge is 0.271 e. The molecule has 124 valence electrons. The van der Waals surface area contributed by atoms with Crippen molar-refractivity contribution in [2.24, 2.45) is 0 Å². The van der Waals surface area contributed by atoms with Crippen molar-refractivity contribution in [3.05, 3.63) is 51.3 Å². The average Bonchev–Trinajstić information content (AvgIpc) is 2.94. The number of amides is 1. The molecule has 0 radical (unpaired) electrons. The molecule has 1 aromatic carbocycles. The number of fused-ring (bicyclic) bond motifs is 1. The van der Waals surface area contributed by atoms with E-state index < -0.39 is 4.92 Å². The number of carbonyl (C=O) groups excluding carboxylic acids is 1. The van der Waals surface area contributed by atoms with Crippen molar-refractivity contribution in [3.63, 3.8) is 0 Å². The molecule has 1 aliphatic rings. The Bertz CT molecular complexity index is 805. The zero-order valence-electron chi connectivity index (χ0n) is 13.4. The Hall–Kier alpha value is -2.48. The molecule has 0 saturated heterocycles. The van der Waals surface area contributed by atoms with Crippen LogP contribution in [0.2, 0.25) is 0 Å². The summed E-state index contributed by atoms with van der Waals surface area (Å²) >= 11 is 1.28. The van der Waals surface area contributed by atoms with Gasteiger partial charge in [-0.3, -0.25) is 14.9 Å². The summed E-state index contributed by atoms with van der Waals surface area (Å²) in [5, 5.41) is 11.5. The van der Waals surface area contributed by atoms with E-state index in [1.165, 1.54) is 23.9 Å². The minimum Gasteiger partial charge on any atom is -0.311 e. The third-order valence-corrected chi connectivity index (χ3v) is 4.59. The number of rotatable bonds is 4. The number of non-ortho nitro benzene ring substituents is 1. The zero-order chi connectivity index (χ0) is 17.3. The molecule has 24 heavy (non-hydrogen) atoms. The van der Waals surface area contributed by atoms with Crippen LogP contribution in [0.4, 0.5) is 11.4 Å². The number of nitro benzene ring substituents is 1. The van der Waals surface area contributed by atoms with Gasteiger partial charge in [0, 0.05) is 30.1 Å². The molecule has 3 rings (SSSR count). The topological polar surface area (TPSA) is 89.2 Å². The molecular formula is C16H16N4O3S. The van der Waals surface area contributed by atoms with Crippen molar-refractivity contribution in [1.29, 1.82) is 0 Å². The van der Waals surface area contributed by atoms with Crippen LogP contribution >= 0.6 is 11.8 Å².